The van der Waals surface area contributed by atoms with Crippen LogP contribution in [0.5, 0.6) is 0 Å². The number of hydrogen-bond donors (Lipinski definition) is 2. The van der Waals surface area contributed by atoms with Gasteiger partial charge in [-0.15, -0.1) is 24.8 Å². The summed E-state index contributed by atoms with van der Waals surface area (Å²) < 4.78 is 0. The van der Waals surface area contributed by atoms with Gasteiger partial charge in [-0.1, -0.05) is 42.5 Å². The topological polar surface area (TPSA) is 58.4 Å². The van der Waals surface area contributed by atoms with Crippen LogP contribution in [0.25, 0.3) is 0 Å². The molecule has 0 spiro atoms. The normalized spacial score (nSPS) is 16.6. The van der Waals surface area contributed by atoms with E-state index >= 15 is 0 Å². The zero-order valence-corrected chi connectivity index (χ0v) is 15.7. The molecular weight excluding hydrogens is 357 g/mol. The number of hydrogen-bond acceptors (Lipinski definition) is 3. The van der Waals surface area contributed by atoms with E-state index in [2.05, 4.69) is 34.5 Å². The molecule has 1 aliphatic heterocycles. The van der Waals surface area contributed by atoms with Gasteiger partial charge in [0.25, 0.3) is 5.91 Å². The molecule has 1 amide bonds. The van der Waals surface area contributed by atoms with Gasteiger partial charge in [0.2, 0.25) is 0 Å². The molecule has 1 heterocycles. The molecule has 3 rings (SSSR count). The van der Waals surface area contributed by atoms with E-state index in [9.17, 15) is 4.79 Å². The lowest BCUT2D eigenvalue weighted by Gasteiger charge is -2.25. The van der Waals surface area contributed by atoms with Crippen LogP contribution in [0, 0.1) is 0 Å². The van der Waals surface area contributed by atoms with Gasteiger partial charge in [-0.3, -0.25) is 9.69 Å². The Morgan fingerprint density at radius 3 is 2.48 bits per heavy atom. The average molecular weight is 382 g/mol. The lowest BCUT2D eigenvalue weighted by Crippen LogP contribution is -2.40. The van der Waals surface area contributed by atoms with Crippen molar-refractivity contribution < 1.29 is 4.79 Å². The summed E-state index contributed by atoms with van der Waals surface area (Å²) in [6.45, 7) is 2.69. The van der Waals surface area contributed by atoms with Crippen molar-refractivity contribution in [1.82, 2.24) is 10.2 Å². The van der Waals surface area contributed by atoms with Crippen molar-refractivity contribution >= 4 is 36.4 Å². The van der Waals surface area contributed by atoms with Crippen molar-refractivity contribution in [3.8, 4) is 0 Å². The maximum atomic E-state index is 12.3. The van der Waals surface area contributed by atoms with Crippen LogP contribution in [0.1, 0.15) is 28.8 Å². The molecule has 1 saturated heterocycles. The number of nitrogens with one attached hydrogen (secondary N) is 1. The highest BCUT2D eigenvalue weighted by Crippen LogP contribution is 2.20. The molecular formula is C19H25Cl2N3O. The summed E-state index contributed by atoms with van der Waals surface area (Å²) in [7, 11) is 0. The van der Waals surface area contributed by atoms with E-state index in [1.54, 1.807) is 12.1 Å². The molecule has 0 radical (unpaired) electrons. The van der Waals surface area contributed by atoms with E-state index in [0.29, 0.717) is 23.8 Å². The molecule has 0 aromatic heterocycles. The molecule has 25 heavy (non-hydrogen) atoms. The van der Waals surface area contributed by atoms with Gasteiger partial charge in [-0.25, -0.2) is 0 Å². The van der Waals surface area contributed by atoms with Gasteiger partial charge >= 0.3 is 0 Å². The van der Waals surface area contributed by atoms with Crippen LogP contribution < -0.4 is 11.1 Å². The number of carbonyl (C=O) groups is 1. The smallest absolute Gasteiger partial charge is 0.253 e. The van der Waals surface area contributed by atoms with Crippen LogP contribution in [0.15, 0.2) is 54.6 Å². The molecule has 0 aliphatic carbocycles. The highest BCUT2D eigenvalue weighted by molar-refractivity contribution is 5.99. The summed E-state index contributed by atoms with van der Waals surface area (Å²) in [5.41, 5.74) is 8.26. The highest BCUT2D eigenvalue weighted by atomic mass is 35.5. The fraction of sp³-hybridized carbons (Fsp3) is 0.316. The van der Waals surface area contributed by atoms with Crippen molar-refractivity contribution in [2.24, 2.45) is 0 Å². The molecule has 0 bridgehead atoms. The number of nitrogen functional groups attached to an aromatic ring is 1. The Hall–Kier alpha value is -1.75. The number of rotatable bonds is 5. The summed E-state index contributed by atoms with van der Waals surface area (Å²) in [5, 5.41) is 3.04. The third kappa shape index (κ3) is 5.63. The summed E-state index contributed by atoms with van der Waals surface area (Å²) in [6.07, 6.45) is 2.30. The van der Waals surface area contributed by atoms with Crippen LogP contribution in [0.4, 0.5) is 5.69 Å². The van der Waals surface area contributed by atoms with Crippen LogP contribution >= 0.6 is 24.8 Å². The highest BCUT2D eigenvalue weighted by Gasteiger charge is 2.25. The first-order valence-electron chi connectivity index (χ1n) is 8.15. The molecule has 2 aromatic carbocycles. The molecule has 136 valence electrons. The van der Waals surface area contributed by atoms with Crippen LogP contribution in [-0.2, 0) is 6.54 Å². The Kier molecular flexibility index (Phi) is 8.76. The Labute approximate surface area is 161 Å². The molecule has 2 aromatic rings. The van der Waals surface area contributed by atoms with Crippen LogP contribution in [0.3, 0.4) is 0 Å². The van der Waals surface area contributed by atoms with Crippen LogP contribution in [0.2, 0.25) is 0 Å². The van der Waals surface area contributed by atoms with E-state index in [0.717, 1.165) is 19.5 Å². The summed E-state index contributed by atoms with van der Waals surface area (Å²) in [5.74, 6) is -0.0883. The minimum atomic E-state index is -0.0883. The van der Waals surface area contributed by atoms with Crippen LogP contribution in [-0.4, -0.2) is 29.9 Å². The minimum Gasteiger partial charge on any atom is -0.398 e. The number of nitrogens with zero attached hydrogens (tertiary/aromatic N) is 1. The molecule has 1 fully saturated rings. The van der Waals surface area contributed by atoms with Crippen molar-refractivity contribution in [2.75, 3.05) is 18.8 Å². The van der Waals surface area contributed by atoms with Crippen molar-refractivity contribution in [3.63, 3.8) is 0 Å². The number of likely N-dealkylation sites (tertiary alicyclic amines) is 1. The van der Waals surface area contributed by atoms with E-state index in [1.807, 2.05) is 18.2 Å². The summed E-state index contributed by atoms with van der Waals surface area (Å²) in [6, 6.07) is 18.1. The second-order valence-electron chi connectivity index (χ2n) is 6.05. The van der Waals surface area contributed by atoms with Crippen molar-refractivity contribution in [1.29, 1.82) is 0 Å². The van der Waals surface area contributed by atoms with Gasteiger partial charge in [0.15, 0.2) is 0 Å². The van der Waals surface area contributed by atoms with Gasteiger partial charge in [-0.05, 0) is 37.1 Å². The Bertz CT molecular complexity index is 667. The second-order valence-corrected chi connectivity index (χ2v) is 6.05. The number of anilines is 1. The van der Waals surface area contributed by atoms with Gasteiger partial charge in [-0.2, -0.15) is 0 Å². The zero-order chi connectivity index (χ0) is 16.1. The van der Waals surface area contributed by atoms with Gasteiger partial charge < -0.3 is 11.1 Å². The van der Waals surface area contributed by atoms with Gasteiger partial charge in [0, 0.05) is 24.8 Å². The van der Waals surface area contributed by atoms with E-state index in [1.165, 1.54) is 12.0 Å². The van der Waals surface area contributed by atoms with E-state index in [-0.39, 0.29) is 30.7 Å². The molecule has 6 heteroatoms. The van der Waals surface area contributed by atoms with Gasteiger partial charge in [0.05, 0.1) is 5.56 Å². The number of halogens is 2. The fourth-order valence-electron chi connectivity index (χ4n) is 3.16. The van der Waals surface area contributed by atoms with E-state index in [4.69, 9.17) is 5.73 Å². The Morgan fingerprint density at radius 1 is 1.08 bits per heavy atom. The molecule has 3 N–H and O–H groups in total. The number of amides is 1. The number of nitrogens with two attached hydrogens (primary N) is 1. The molecule has 1 aliphatic rings. The first kappa shape index (κ1) is 21.3. The van der Waals surface area contributed by atoms with E-state index < -0.39 is 0 Å². The Morgan fingerprint density at radius 2 is 1.76 bits per heavy atom. The number of carbonyl (C=O) groups excluding carboxylic acids is 1. The first-order valence-corrected chi connectivity index (χ1v) is 8.15. The van der Waals surface area contributed by atoms with Crippen molar-refractivity contribution in [2.45, 2.75) is 25.4 Å². The summed E-state index contributed by atoms with van der Waals surface area (Å²) in [4.78, 5) is 14.7. The number of para-hydroxylation sites is 1. The maximum absolute atomic E-state index is 12.3. The zero-order valence-electron chi connectivity index (χ0n) is 14.1. The largest absolute Gasteiger partial charge is 0.398 e. The fourth-order valence-corrected chi connectivity index (χ4v) is 3.16. The molecule has 0 saturated carbocycles. The lowest BCUT2D eigenvalue weighted by atomic mass is 10.1. The Balaban J connectivity index is 0.00000156. The average Bonchev–Trinajstić information content (AvgIpc) is 3.01. The molecule has 1 atom stereocenters. The predicted molar refractivity (Wildman–Crippen MR) is 108 cm³/mol. The minimum absolute atomic E-state index is 0. The monoisotopic (exact) mass is 381 g/mol. The molecule has 4 nitrogen and oxygen atoms in total. The second kappa shape index (κ2) is 10.3. The quantitative estimate of drug-likeness (QED) is 0.779. The SMILES string of the molecule is Cl.Cl.Nc1ccccc1C(=O)NCC1CCCN1Cc1ccccc1. The maximum Gasteiger partial charge on any atom is 0.253 e. The van der Waals surface area contributed by atoms with Gasteiger partial charge in [0.1, 0.15) is 0 Å². The standard InChI is InChI=1S/C19H23N3O.2ClH/c20-18-11-5-4-10-17(18)19(23)21-13-16-9-6-12-22(16)14-15-7-2-1-3-8-15;;/h1-5,7-8,10-11,16H,6,9,12-14,20H2,(H,21,23);2*1H. The molecule has 1 unspecified atom stereocenters. The summed E-state index contributed by atoms with van der Waals surface area (Å²) >= 11 is 0. The van der Waals surface area contributed by atoms with Crippen molar-refractivity contribution in [3.05, 3.63) is 65.7 Å². The third-order valence-electron chi connectivity index (χ3n) is 4.43. The lowest BCUT2D eigenvalue weighted by molar-refractivity contribution is 0.0940. The number of benzene rings is 2. The third-order valence-corrected chi connectivity index (χ3v) is 4.43. The predicted octanol–water partition coefficient (Wildman–Crippen LogP) is 3.51. The first-order chi connectivity index (χ1) is 11.2.